The molecule has 0 amide bonds. The summed E-state index contributed by atoms with van der Waals surface area (Å²) in [6, 6.07) is 6.74. The van der Waals surface area contributed by atoms with Crippen LogP contribution in [0.5, 0.6) is 5.75 Å². The number of carbonyl (C=O) groups is 1. The molecule has 1 aromatic rings. The number of benzene rings is 1. The molecule has 0 N–H and O–H groups in total. The Morgan fingerprint density at radius 3 is 2.56 bits per heavy atom. The van der Waals surface area contributed by atoms with Crippen molar-refractivity contribution < 1.29 is 27.9 Å². The molecule has 0 saturated carbocycles. The number of nitrogens with zero attached hydrogens (tertiary/aromatic N) is 1. The lowest BCUT2D eigenvalue weighted by atomic mass is 9.94. The van der Waals surface area contributed by atoms with Crippen molar-refractivity contribution in [1.29, 1.82) is 0 Å². The molecule has 1 fully saturated rings. The van der Waals surface area contributed by atoms with Crippen molar-refractivity contribution in [2.24, 2.45) is 5.92 Å². The monoisotopic (exact) mass is 465 g/mol. The van der Waals surface area contributed by atoms with Crippen molar-refractivity contribution in [2.75, 3.05) is 39.5 Å². The molecule has 0 radical (unpaired) electrons. The largest absolute Gasteiger partial charge is 0.425 e. The van der Waals surface area contributed by atoms with Crippen molar-refractivity contribution in [1.82, 2.24) is 4.90 Å². The van der Waals surface area contributed by atoms with Gasteiger partial charge in [-0.3, -0.25) is 14.3 Å². The number of ether oxygens (including phenoxy) is 2. The molecule has 8 heteroatoms. The van der Waals surface area contributed by atoms with Crippen LogP contribution in [0.15, 0.2) is 36.4 Å². The number of rotatable bonds is 12. The standard InChI is InChI=1S/C24H36NO6P/c1-3-29-32(27,30-4-2)23-15-9-8-14-22(23)31-24(26)19-25(18-21-13-10-16-28-21)17-20-11-6-5-7-12-20/h5-6,8-9,14-15,20-21H,3-4,7,10-13,16-19H2,1-2H3/t20-,21+/m0/s1. The average Bonchev–Trinajstić information content (AvgIpc) is 3.28. The molecule has 7 nitrogen and oxygen atoms in total. The average molecular weight is 466 g/mol. The predicted molar refractivity (Wildman–Crippen MR) is 124 cm³/mol. The lowest BCUT2D eigenvalue weighted by Crippen LogP contribution is -2.41. The van der Waals surface area contributed by atoms with E-state index >= 15 is 0 Å². The van der Waals surface area contributed by atoms with Crippen LogP contribution in [-0.4, -0.2) is 56.4 Å². The van der Waals surface area contributed by atoms with E-state index in [0.717, 1.165) is 45.3 Å². The number of hydrogen-bond donors (Lipinski definition) is 0. The summed E-state index contributed by atoms with van der Waals surface area (Å²) in [5, 5.41) is 0.278. The third-order valence-electron chi connectivity index (χ3n) is 5.71. The van der Waals surface area contributed by atoms with E-state index in [4.69, 9.17) is 18.5 Å². The summed E-state index contributed by atoms with van der Waals surface area (Å²) >= 11 is 0. The van der Waals surface area contributed by atoms with E-state index in [9.17, 15) is 9.36 Å². The summed E-state index contributed by atoms with van der Waals surface area (Å²) in [6.07, 6.45) is 9.93. The van der Waals surface area contributed by atoms with Gasteiger partial charge in [0, 0.05) is 19.7 Å². The fourth-order valence-corrected chi connectivity index (χ4v) is 5.98. The van der Waals surface area contributed by atoms with Crippen molar-refractivity contribution in [3.05, 3.63) is 36.4 Å². The van der Waals surface area contributed by atoms with Gasteiger partial charge in [0.15, 0.2) is 0 Å². The molecule has 1 saturated heterocycles. The van der Waals surface area contributed by atoms with Gasteiger partial charge in [0.1, 0.15) is 11.1 Å². The van der Waals surface area contributed by atoms with Crippen LogP contribution < -0.4 is 10.0 Å². The molecule has 32 heavy (non-hydrogen) atoms. The van der Waals surface area contributed by atoms with E-state index in [2.05, 4.69) is 17.1 Å². The second-order valence-corrected chi connectivity index (χ2v) is 10.2. The lowest BCUT2D eigenvalue weighted by molar-refractivity contribution is -0.136. The third-order valence-corrected chi connectivity index (χ3v) is 7.87. The maximum Gasteiger partial charge on any atom is 0.365 e. The first-order valence-electron chi connectivity index (χ1n) is 11.7. The van der Waals surface area contributed by atoms with Crippen LogP contribution in [0.25, 0.3) is 0 Å². The number of allylic oxidation sites excluding steroid dienone is 2. The number of carbonyl (C=O) groups excluding carboxylic acids is 1. The van der Waals surface area contributed by atoms with Crippen molar-refractivity contribution in [2.45, 2.75) is 52.1 Å². The number of esters is 1. The Labute approximate surface area is 191 Å². The zero-order chi connectivity index (χ0) is 22.8. The molecular formula is C24H36NO6P. The summed E-state index contributed by atoms with van der Waals surface area (Å²) in [6.45, 7) is 6.45. The summed E-state index contributed by atoms with van der Waals surface area (Å²) in [4.78, 5) is 15.1. The highest BCUT2D eigenvalue weighted by Gasteiger charge is 2.31. The molecule has 0 aromatic heterocycles. The molecule has 1 heterocycles. The van der Waals surface area contributed by atoms with E-state index < -0.39 is 7.60 Å². The van der Waals surface area contributed by atoms with Crippen LogP contribution in [-0.2, 0) is 23.1 Å². The first-order valence-corrected chi connectivity index (χ1v) is 13.3. The van der Waals surface area contributed by atoms with Crippen LogP contribution in [0.4, 0.5) is 0 Å². The topological polar surface area (TPSA) is 74.3 Å². The van der Waals surface area contributed by atoms with Gasteiger partial charge in [-0.2, -0.15) is 0 Å². The van der Waals surface area contributed by atoms with E-state index in [1.54, 1.807) is 38.1 Å². The van der Waals surface area contributed by atoms with Crippen LogP contribution in [0, 0.1) is 5.92 Å². The number of para-hydroxylation sites is 1. The molecule has 0 spiro atoms. The van der Waals surface area contributed by atoms with Gasteiger partial charge < -0.3 is 18.5 Å². The summed E-state index contributed by atoms with van der Waals surface area (Å²) in [5.41, 5.74) is 0. The number of hydrogen-bond acceptors (Lipinski definition) is 7. The molecule has 3 rings (SSSR count). The smallest absolute Gasteiger partial charge is 0.365 e. The Kier molecular flexibility index (Phi) is 9.94. The molecule has 1 aliphatic carbocycles. The van der Waals surface area contributed by atoms with Gasteiger partial charge in [-0.1, -0.05) is 24.3 Å². The van der Waals surface area contributed by atoms with Crippen molar-refractivity contribution in [3.8, 4) is 5.75 Å². The summed E-state index contributed by atoms with van der Waals surface area (Å²) < 4.78 is 35.7. The first kappa shape index (κ1) is 25.1. The van der Waals surface area contributed by atoms with E-state index in [0.29, 0.717) is 12.5 Å². The fraction of sp³-hybridized carbons (Fsp3) is 0.625. The Morgan fingerprint density at radius 1 is 1.12 bits per heavy atom. The van der Waals surface area contributed by atoms with Gasteiger partial charge in [0.05, 0.1) is 25.9 Å². The van der Waals surface area contributed by atoms with Crippen molar-refractivity contribution >= 4 is 18.9 Å². The van der Waals surface area contributed by atoms with Gasteiger partial charge in [0.2, 0.25) is 0 Å². The Bertz CT molecular complexity index is 797. The first-order chi connectivity index (χ1) is 15.5. The zero-order valence-electron chi connectivity index (χ0n) is 19.2. The zero-order valence-corrected chi connectivity index (χ0v) is 20.1. The molecule has 0 unspecified atom stereocenters. The lowest BCUT2D eigenvalue weighted by Gasteiger charge is -2.29. The van der Waals surface area contributed by atoms with Crippen LogP contribution >= 0.6 is 7.60 Å². The summed E-state index contributed by atoms with van der Waals surface area (Å²) in [5.74, 6) is 0.361. The second kappa shape index (κ2) is 12.7. The SMILES string of the molecule is CCOP(=O)(OCC)c1ccccc1OC(=O)CN(C[C@H]1CC=CCC1)C[C@H]1CCCO1. The molecule has 2 aliphatic rings. The maximum atomic E-state index is 13.3. The van der Waals surface area contributed by atoms with Gasteiger partial charge in [-0.25, -0.2) is 0 Å². The normalized spacial score (nSPS) is 21.2. The molecule has 1 aliphatic heterocycles. The van der Waals surface area contributed by atoms with Gasteiger partial charge >= 0.3 is 13.6 Å². The van der Waals surface area contributed by atoms with Crippen LogP contribution in [0.2, 0.25) is 0 Å². The Morgan fingerprint density at radius 2 is 1.91 bits per heavy atom. The minimum Gasteiger partial charge on any atom is -0.425 e. The van der Waals surface area contributed by atoms with E-state index in [1.807, 2.05) is 0 Å². The maximum absolute atomic E-state index is 13.3. The van der Waals surface area contributed by atoms with Gasteiger partial charge in [0.25, 0.3) is 0 Å². The predicted octanol–water partition coefficient (Wildman–Crippen LogP) is 4.32. The quantitative estimate of drug-likeness (QED) is 0.197. The van der Waals surface area contributed by atoms with Crippen molar-refractivity contribution in [3.63, 3.8) is 0 Å². The molecular weight excluding hydrogens is 429 g/mol. The minimum atomic E-state index is -3.57. The highest BCUT2D eigenvalue weighted by molar-refractivity contribution is 7.62. The molecule has 1 aromatic carbocycles. The van der Waals surface area contributed by atoms with Crippen LogP contribution in [0.3, 0.4) is 0 Å². The van der Waals surface area contributed by atoms with Gasteiger partial charge in [-0.05, 0) is 64.0 Å². The Hall–Kier alpha value is -1.50. The molecule has 178 valence electrons. The Balaban J connectivity index is 1.69. The minimum absolute atomic E-state index is 0.155. The highest BCUT2D eigenvalue weighted by Crippen LogP contribution is 2.49. The third kappa shape index (κ3) is 7.26. The molecule has 2 atom stereocenters. The molecule has 0 bridgehead atoms. The van der Waals surface area contributed by atoms with E-state index in [-0.39, 0.29) is 42.9 Å². The van der Waals surface area contributed by atoms with Gasteiger partial charge in [-0.15, -0.1) is 0 Å². The van der Waals surface area contributed by atoms with Crippen LogP contribution in [0.1, 0.15) is 46.0 Å². The fourth-order valence-electron chi connectivity index (χ4n) is 4.29. The second-order valence-electron chi connectivity index (χ2n) is 8.25. The van der Waals surface area contributed by atoms with E-state index in [1.165, 1.54) is 0 Å². The summed E-state index contributed by atoms with van der Waals surface area (Å²) in [7, 11) is -3.57. The highest BCUT2D eigenvalue weighted by atomic mass is 31.2.